The monoisotopic (exact) mass is 304 g/mol. The van der Waals surface area contributed by atoms with E-state index in [9.17, 15) is 9.90 Å². The van der Waals surface area contributed by atoms with Gasteiger partial charge in [0.1, 0.15) is 5.78 Å². The minimum atomic E-state index is -0.396. The smallest absolute Gasteiger partial charge is 0.142 e. The van der Waals surface area contributed by atoms with E-state index in [2.05, 4.69) is 27.7 Å². The average molecular weight is 304 g/mol. The minimum Gasteiger partial charge on any atom is -0.392 e. The van der Waals surface area contributed by atoms with Gasteiger partial charge in [-0.05, 0) is 66.6 Å². The minimum absolute atomic E-state index is 0.259. The number of carbonyl (C=O) groups is 1. The van der Waals surface area contributed by atoms with Crippen LogP contribution in [0.25, 0.3) is 0 Å². The molecule has 0 aromatic heterocycles. The number of hydrogen-bond donors (Lipinski definition) is 1. The summed E-state index contributed by atoms with van der Waals surface area (Å²) < 4.78 is 0. The van der Waals surface area contributed by atoms with E-state index in [0.29, 0.717) is 29.0 Å². The quantitative estimate of drug-likeness (QED) is 0.728. The second-order valence-electron chi connectivity index (χ2n) is 9.96. The lowest BCUT2D eigenvalue weighted by molar-refractivity contribution is -0.228. The Bertz CT molecular complexity index is 510. The van der Waals surface area contributed by atoms with Crippen LogP contribution < -0.4 is 0 Å². The zero-order valence-corrected chi connectivity index (χ0v) is 14.7. The van der Waals surface area contributed by atoms with Gasteiger partial charge < -0.3 is 5.11 Å². The van der Waals surface area contributed by atoms with Crippen molar-refractivity contribution < 1.29 is 9.90 Å². The predicted molar refractivity (Wildman–Crippen MR) is 87.3 cm³/mol. The number of fused-ring (bicyclic) bond motifs is 3. The van der Waals surface area contributed by atoms with Gasteiger partial charge in [0.05, 0.1) is 11.5 Å². The van der Waals surface area contributed by atoms with Crippen LogP contribution in [0, 0.1) is 39.9 Å². The molecule has 1 N–H and O–H groups in total. The molecule has 0 amide bonds. The maximum absolute atomic E-state index is 13.0. The van der Waals surface area contributed by atoms with E-state index in [-0.39, 0.29) is 11.5 Å². The second kappa shape index (κ2) is 4.37. The molecule has 0 unspecified atom stereocenters. The van der Waals surface area contributed by atoms with Gasteiger partial charge >= 0.3 is 0 Å². The molecular formula is C20H32O2. The van der Waals surface area contributed by atoms with Gasteiger partial charge in [0.2, 0.25) is 0 Å². The second-order valence-corrected chi connectivity index (χ2v) is 9.96. The molecule has 0 aromatic rings. The van der Waals surface area contributed by atoms with Crippen LogP contribution in [0.15, 0.2) is 0 Å². The highest BCUT2D eigenvalue weighted by Crippen LogP contribution is 2.71. The van der Waals surface area contributed by atoms with Crippen LogP contribution in [0.3, 0.4) is 0 Å². The van der Waals surface area contributed by atoms with Gasteiger partial charge in [0.25, 0.3) is 0 Å². The molecule has 0 saturated heterocycles. The van der Waals surface area contributed by atoms with E-state index in [0.717, 1.165) is 25.2 Å². The number of Topliss-reactive ketones (excluding diaryl/α,β-unsaturated/α-hetero) is 1. The van der Waals surface area contributed by atoms with Crippen LogP contribution in [0.5, 0.6) is 0 Å². The van der Waals surface area contributed by atoms with Crippen LogP contribution >= 0.6 is 0 Å². The molecule has 2 bridgehead atoms. The molecule has 0 heterocycles. The zero-order chi connectivity index (χ0) is 15.9. The fourth-order valence-electron chi connectivity index (χ4n) is 7.72. The highest BCUT2D eigenvalue weighted by atomic mass is 16.3. The third-order valence-corrected chi connectivity index (χ3v) is 8.82. The van der Waals surface area contributed by atoms with Crippen molar-refractivity contribution in [3.05, 3.63) is 0 Å². The first-order chi connectivity index (χ1) is 10.2. The molecule has 2 nitrogen and oxygen atoms in total. The molecule has 2 heteroatoms. The van der Waals surface area contributed by atoms with Crippen molar-refractivity contribution >= 4 is 5.78 Å². The summed E-state index contributed by atoms with van der Waals surface area (Å²) in [5.41, 5.74) is 0.257. The van der Waals surface area contributed by atoms with Crippen molar-refractivity contribution in [2.24, 2.45) is 39.9 Å². The molecule has 0 aliphatic heterocycles. The Labute approximate surface area is 135 Å². The molecule has 22 heavy (non-hydrogen) atoms. The normalized spacial score (nSPS) is 56.4. The highest BCUT2D eigenvalue weighted by Gasteiger charge is 2.69. The third kappa shape index (κ3) is 1.58. The van der Waals surface area contributed by atoms with Gasteiger partial charge in [0.15, 0.2) is 0 Å². The molecule has 5 saturated carbocycles. The molecule has 0 aromatic carbocycles. The standard InChI is InChI=1S/C20H32O2/c1-12-13-10-15-19(4)8-5-7-18(2,3)14(19)6-9-20(15,17(12)22)16(21)11-13/h12-15,17,22H,5-11H2,1-4H3/t12-,13-,14-,15+,17+,19-,20+/m0/s1. The number of aliphatic hydroxyl groups excluding tert-OH is 1. The first kappa shape index (κ1) is 15.2. The summed E-state index contributed by atoms with van der Waals surface area (Å²) in [6.07, 6.45) is 7.49. The van der Waals surface area contributed by atoms with E-state index >= 15 is 0 Å². The topological polar surface area (TPSA) is 37.3 Å². The summed E-state index contributed by atoms with van der Waals surface area (Å²) in [6, 6.07) is 0. The molecule has 5 aliphatic rings. The first-order valence-corrected chi connectivity index (χ1v) is 9.45. The molecule has 7 atom stereocenters. The van der Waals surface area contributed by atoms with E-state index in [1.165, 1.54) is 25.7 Å². The fraction of sp³-hybridized carbons (Fsp3) is 0.950. The van der Waals surface area contributed by atoms with Crippen molar-refractivity contribution in [2.75, 3.05) is 0 Å². The number of hydrogen-bond acceptors (Lipinski definition) is 2. The van der Waals surface area contributed by atoms with Gasteiger partial charge in [-0.1, -0.05) is 34.1 Å². The third-order valence-electron chi connectivity index (χ3n) is 8.82. The SMILES string of the molecule is C[C@H]1[C@@H]2CC(=O)[C@]3(CC[C@H]4C(C)(C)CCC[C@]4(C)[C@H]3C2)[C@@H]1O. The van der Waals surface area contributed by atoms with Gasteiger partial charge in [-0.15, -0.1) is 0 Å². The van der Waals surface area contributed by atoms with Crippen molar-refractivity contribution in [1.29, 1.82) is 0 Å². The summed E-state index contributed by atoms with van der Waals surface area (Å²) in [6.45, 7) is 9.53. The maximum Gasteiger partial charge on any atom is 0.142 e. The van der Waals surface area contributed by atoms with E-state index in [4.69, 9.17) is 0 Å². The molecule has 1 spiro atoms. The zero-order valence-electron chi connectivity index (χ0n) is 14.7. The summed E-state index contributed by atoms with van der Waals surface area (Å²) in [5.74, 6) is 2.29. The Morgan fingerprint density at radius 1 is 1.09 bits per heavy atom. The molecule has 5 rings (SSSR count). The molecule has 0 radical (unpaired) electrons. The maximum atomic E-state index is 13.0. The number of rotatable bonds is 0. The van der Waals surface area contributed by atoms with Crippen molar-refractivity contribution in [3.63, 3.8) is 0 Å². The van der Waals surface area contributed by atoms with E-state index in [1.54, 1.807) is 0 Å². The highest BCUT2D eigenvalue weighted by molar-refractivity contribution is 5.88. The Balaban J connectivity index is 1.81. The van der Waals surface area contributed by atoms with Crippen LogP contribution in [-0.2, 0) is 4.79 Å². The van der Waals surface area contributed by atoms with E-state index < -0.39 is 5.41 Å². The van der Waals surface area contributed by atoms with Crippen LogP contribution in [-0.4, -0.2) is 17.0 Å². The number of carbonyl (C=O) groups excluding carboxylic acids is 1. The molecule has 124 valence electrons. The first-order valence-electron chi connectivity index (χ1n) is 9.45. The van der Waals surface area contributed by atoms with Crippen LogP contribution in [0.1, 0.15) is 72.6 Å². The van der Waals surface area contributed by atoms with Gasteiger partial charge in [-0.3, -0.25) is 4.79 Å². The summed E-state index contributed by atoms with van der Waals surface area (Å²) in [4.78, 5) is 13.0. The van der Waals surface area contributed by atoms with Crippen molar-refractivity contribution in [1.82, 2.24) is 0 Å². The average Bonchev–Trinajstić information content (AvgIpc) is 2.43. The molecule has 5 fully saturated rings. The van der Waals surface area contributed by atoms with E-state index in [1.807, 2.05) is 0 Å². The van der Waals surface area contributed by atoms with Gasteiger partial charge in [0, 0.05) is 6.42 Å². The van der Waals surface area contributed by atoms with Crippen molar-refractivity contribution in [2.45, 2.75) is 78.7 Å². The summed E-state index contributed by atoms with van der Waals surface area (Å²) in [5, 5.41) is 11.0. The summed E-state index contributed by atoms with van der Waals surface area (Å²) in [7, 11) is 0. The predicted octanol–water partition coefficient (Wildman–Crippen LogP) is 4.21. The van der Waals surface area contributed by atoms with Crippen LogP contribution in [0.4, 0.5) is 0 Å². The fourth-order valence-corrected chi connectivity index (χ4v) is 7.72. The molecular weight excluding hydrogens is 272 g/mol. The Hall–Kier alpha value is -0.370. The largest absolute Gasteiger partial charge is 0.392 e. The lowest BCUT2D eigenvalue weighted by Gasteiger charge is -2.69. The summed E-state index contributed by atoms with van der Waals surface area (Å²) >= 11 is 0. The van der Waals surface area contributed by atoms with Crippen molar-refractivity contribution in [3.8, 4) is 0 Å². The lowest BCUT2D eigenvalue weighted by atomic mass is 9.35. The lowest BCUT2D eigenvalue weighted by Crippen LogP contribution is -2.69. The Kier molecular flexibility index (Phi) is 3.02. The molecule has 5 aliphatic carbocycles. The van der Waals surface area contributed by atoms with Gasteiger partial charge in [-0.2, -0.15) is 0 Å². The Morgan fingerprint density at radius 2 is 1.82 bits per heavy atom. The van der Waals surface area contributed by atoms with Crippen LogP contribution in [0.2, 0.25) is 0 Å². The Morgan fingerprint density at radius 3 is 2.55 bits per heavy atom. The number of aliphatic hydroxyl groups is 1. The van der Waals surface area contributed by atoms with Gasteiger partial charge in [-0.25, -0.2) is 0 Å². The number of ketones is 1.